The van der Waals surface area contributed by atoms with E-state index >= 15 is 0 Å². The first-order chi connectivity index (χ1) is 10.5. The summed E-state index contributed by atoms with van der Waals surface area (Å²) in [6.45, 7) is 2.43. The molecule has 0 aliphatic heterocycles. The van der Waals surface area contributed by atoms with Gasteiger partial charge in [0.25, 0.3) is 11.6 Å². The number of unbranched alkanes of at least 4 members (excludes halogenated alkanes) is 1. The number of amides is 1. The van der Waals surface area contributed by atoms with Crippen LogP contribution in [0.5, 0.6) is 0 Å². The number of esters is 1. The Kier molecular flexibility index (Phi) is 6.81. The fourth-order valence-corrected chi connectivity index (χ4v) is 1.78. The van der Waals surface area contributed by atoms with Gasteiger partial charge in [-0.15, -0.1) is 0 Å². The summed E-state index contributed by atoms with van der Waals surface area (Å²) in [4.78, 5) is 33.2. The molecule has 120 valence electrons. The van der Waals surface area contributed by atoms with Crippen molar-refractivity contribution in [3.63, 3.8) is 0 Å². The van der Waals surface area contributed by atoms with Crippen LogP contribution >= 0.6 is 0 Å². The predicted octanol–water partition coefficient (Wildman–Crippen LogP) is 1.64. The number of nitro benzene ring substituents is 1. The highest BCUT2D eigenvalue weighted by molar-refractivity contribution is 5.99. The fourth-order valence-electron chi connectivity index (χ4n) is 1.78. The molecule has 3 N–H and O–H groups in total. The molecule has 8 nitrogen and oxygen atoms in total. The summed E-state index contributed by atoms with van der Waals surface area (Å²) in [6, 6.07) is 3.71. The van der Waals surface area contributed by atoms with E-state index < -0.39 is 10.8 Å². The van der Waals surface area contributed by atoms with Gasteiger partial charge in [-0.05, 0) is 25.8 Å². The number of non-ortho nitro benzene ring substituents is 1. The first-order valence-electron chi connectivity index (χ1n) is 6.93. The van der Waals surface area contributed by atoms with Gasteiger partial charge in [0.05, 0.1) is 17.1 Å². The first kappa shape index (κ1) is 17.4. The lowest BCUT2D eigenvalue weighted by Gasteiger charge is -2.07. The van der Waals surface area contributed by atoms with Crippen molar-refractivity contribution in [2.75, 3.05) is 18.9 Å². The Morgan fingerprint density at radius 3 is 2.73 bits per heavy atom. The molecule has 1 rings (SSSR count). The molecule has 0 saturated heterocycles. The number of nitrogens with one attached hydrogen (secondary N) is 1. The molecular formula is C14H19N3O5. The molecule has 0 aliphatic carbocycles. The van der Waals surface area contributed by atoms with E-state index in [4.69, 9.17) is 10.5 Å². The van der Waals surface area contributed by atoms with Crippen molar-refractivity contribution in [3.8, 4) is 0 Å². The Morgan fingerprint density at radius 2 is 2.09 bits per heavy atom. The van der Waals surface area contributed by atoms with E-state index in [2.05, 4.69) is 5.32 Å². The number of nitro groups is 1. The lowest BCUT2D eigenvalue weighted by molar-refractivity contribution is -0.384. The highest BCUT2D eigenvalue weighted by Gasteiger charge is 2.14. The SMILES string of the molecule is CCOC(=O)CCCCNC(=O)c1cc([N+](=O)[O-])ccc1N. The van der Waals surface area contributed by atoms with Crippen molar-refractivity contribution in [2.45, 2.75) is 26.2 Å². The largest absolute Gasteiger partial charge is 0.466 e. The quantitative estimate of drug-likeness (QED) is 0.247. The number of anilines is 1. The molecule has 0 bridgehead atoms. The van der Waals surface area contributed by atoms with E-state index in [-0.39, 0.29) is 22.9 Å². The number of hydrogen-bond donors (Lipinski definition) is 2. The number of ether oxygens (including phenoxy) is 1. The van der Waals surface area contributed by atoms with Crippen LogP contribution in [0, 0.1) is 10.1 Å². The van der Waals surface area contributed by atoms with Gasteiger partial charge in [-0.1, -0.05) is 0 Å². The van der Waals surface area contributed by atoms with Crippen molar-refractivity contribution in [1.29, 1.82) is 0 Å². The molecular weight excluding hydrogens is 290 g/mol. The highest BCUT2D eigenvalue weighted by Crippen LogP contribution is 2.19. The maximum absolute atomic E-state index is 11.9. The molecule has 1 aromatic carbocycles. The minimum Gasteiger partial charge on any atom is -0.466 e. The number of nitrogens with zero attached hydrogens (tertiary/aromatic N) is 1. The minimum atomic E-state index is -0.588. The number of hydrogen-bond acceptors (Lipinski definition) is 6. The van der Waals surface area contributed by atoms with Crippen LogP contribution in [0.2, 0.25) is 0 Å². The molecule has 0 atom stereocenters. The summed E-state index contributed by atoms with van der Waals surface area (Å²) >= 11 is 0. The maximum atomic E-state index is 11.9. The minimum absolute atomic E-state index is 0.0691. The van der Waals surface area contributed by atoms with Crippen LogP contribution in [-0.4, -0.2) is 30.0 Å². The van der Waals surface area contributed by atoms with Gasteiger partial charge in [0.2, 0.25) is 0 Å². The summed E-state index contributed by atoms with van der Waals surface area (Å²) in [5.74, 6) is -0.742. The average Bonchev–Trinajstić information content (AvgIpc) is 2.47. The normalized spacial score (nSPS) is 10.0. The molecule has 0 saturated carbocycles. The van der Waals surface area contributed by atoms with Crippen LogP contribution in [-0.2, 0) is 9.53 Å². The standard InChI is InChI=1S/C14H19N3O5/c1-2-22-13(18)5-3-4-8-16-14(19)11-9-10(17(20)21)6-7-12(11)15/h6-7,9H,2-5,8,15H2,1H3,(H,16,19). The van der Waals surface area contributed by atoms with E-state index in [0.717, 1.165) is 6.07 Å². The van der Waals surface area contributed by atoms with E-state index in [9.17, 15) is 19.7 Å². The van der Waals surface area contributed by atoms with Gasteiger partial charge in [-0.3, -0.25) is 19.7 Å². The van der Waals surface area contributed by atoms with Crippen LogP contribution < -0.4 is 11.1 Å². The van der Waals surface area contributed by atoms with Gasteiger partial charge < -0.3 is 15.8 Å². The summed E-state index contributed by atoms with van der Waals surface area (Å²) in [6.07, 6.45) is 1.48. The zero-order valence-electron chi connectivity index (χ0n) is 12.3. The number of rotatable bonds is 8. The lowest BCUT2D eigenvalue weighted by atomic mass is 10.1. The maximum Gasteiger partial charge on any atom is 0.305 e. The van der Waals surface area contributed by atoms with E-state index in [1.165, 1.54) is 12.1 Å². The molecule has 1 aromatic rings. The molecule has 0 heterocycles. The molecule has 0 spiro atoms. The Morgan fingerprint density at radius 1 is 1.36 bits per heavy atom. The summed E-state index contributed by atoms with van der Waals surface area (Å²) in [5, 5.41) is 13.3. The van der Waals surface area contributed by atoms with Crippen molar-refractivity contribution < 1.29 is 19.2 Å². The molecule has 0 fully saturated rings. The summed E-state index contributed by atoms with van der Waals surface area (Å²) in [5.41, 5.74) is 5.70. The lowest BCUT2D eigenvalue weighted by Crippen LogP contribution is -2.25. The Balaban J connectivity index is 2.44. The number of nitrogens with two attached hydrogens (primary N) is 1. The second kappa shape index (κ2) is 8.60. The first-order valence-corrected chi connectivity index (χ1v) is 6.93. The van der Waals surface area contributed by atoms with Crippen molar-refractivity contribution in [2.24, 2.45) is 0 Å². The Bertz CT molecular complexity index is 559. The Labute approximate surface area is 127 Å². The van der Waals surface area contributed by atoms with E-state index in [1.807, 2.05) is 0 Å². The molecule has 0 radical (unpaired) electrons. The van der Waals surface area contributed by atoms with Crippen molar-refractivity contribution >= 4 is 23.3 Å². The third-order valence-corrected chi connectivity index (χ3v) is 2.89. The third-order valence-electron chi connectivity index (χ3n) is 2.89. The van der Waals surface area contributed by atoms with E-state index in [0.29, 0.717) is 32.4 Å². The van der Waals surface area contributed by atoms with Crippen LogP contribution in [0.25, 0.3) is 0 Å². The van der Waals surface area contributed by atoms with Crippen molar-refractivity contribution in [3.05, 3.63) is 33.9 Å². The van der Waals surface area contributed by atoms with Gasteiger partial charge in [-0.2, -0.15) is 0 Å². The summed E-state index contributed by atoms with van der Waals surface area (Å²) < 4.78 is 4.78. The van der Waals surface area contributed by atoms with Gasteiger partial charge in [0.1, 0.15) is 0 Å². The smallest absolute Gasteiger partial charge is 0.305 e. The van der Waals surface area contributed by atoms with Crippen LogP contribution in [0.1, 0.15) is 36.5 Å². The second-order valence-corrected chi connectivity index (χ2v) is 4.55. The number of benzene rings is 1. The van der Waals surface area contributed by atoms with Gasteiger partial charge in [0, 0.05) is 30.8 Å². The number of carbonyl (C=O) groups is 2. The Hall–Kier alpha value is -2.64. The van der Waals surface area contributed by atoms with Crippen LogP contribution in [0.3, 0.4) is 0 Å². The van der Waals surface area contributed by atoms with Gasteiger partial charge in [0.15, 0.2) is 0 Å². The average molecular weight is 309 g/mol. The molecule has 0 aliphatic rings. The molecule has 0 unspecified atom stereocenters. The second-order valence-electron chi connectivity index (χ2n) is 4.55. The predicted molar refractivity (Wildman–Crippen MR) is 80.3 cm³/mol. The zero-order chi connectivity index (χ0) is 16.5. The third kappa shape index (κ3) is 5.39. The van der Waals surface area contributed by atoms with Gasteiger partial charge in [-0.25, -0.2) is 0 Å². The highest BCUT2D eigenvalue weighted by atomic mass is 16.6. The molecule has 0 aromatic heterocycles. The molecule has 22 heavy (non-hydrogen) atoms. The fraction of sp³-hybridized carbons (Fsp3) is 0.429. The topological polar surface area (TPSA) is 125 Å². The van der Waals surface area contributed by atoms with Crippen molar-refractivity contribution in [1.82, 2.24) is 5.32 Å². The zero-order valence-corrected chi connectivity index (χ0v) is 12.3. The number of carbonyl (C=O) groups excluding carboxylic acids is 2. The summed E-state index contributed by atoms with van der Waals surface area (Å²) in [7, 11) is 0. The molecule has 1 amide bonds. The molecule has 8 heteroatoms. The monoisotopic (exact) mass is 309 g/mol. The van der Waals surface area contributed by atoms with Gasteiger partial charge >= 0.3 is 5.97 Å². The number of nitrogen functional groups attached to an aromatic ring is 1. The van der Waals surface area contributed by atoms with E-state index in [1.54, 1.807) is 6.92 Å². The van der Waals surface area contributed by atoms with Crippen LogP contribution in [0.15, 0.2) is 18.2 Å². The van der Waals surface area contributed by atoms with Crippen LogP contribution in [0.4, 0.5) is 11.4 Å².